The molecule has 0 fully saturated rings. The van der Waals surface area contributed by atoms with Crippen LogP contribution < -0.4 is 0 Å². The molecular formula is C7H16I4Si2. The average molecular weight is 664 g/mol. The summed E-state index contributed by atoms with van der Waals surface area (Å²) >= 11 is 10.8. The van der Waals surface area contributed by atoms with Gasteiger partial charge in [0, 0.05) is 0 Å². The standard InChI is InChI=1S/C7H16I4Si2/c1-3-12(8,4-2)6-5-7-13(9,10)11/h3-7H2,1-2H3. The summed E-state index contributed by atoms with van der Waals surface area (Å²) in [6, 6.07) is 5.96. The fraction of sp³-hybridized carbons (Fsp3) is 1.00. The molecule has 0 bridgehead atoms. The molecule has 80 valence electrons. The molecule has 0 amide bonds. The third-order valence-electron chi connectivity index (χ3n) is 2.35. The Morgan fingerprint density at radius 3 is 1.62 bits per heavy atom. The second-order valence-electron chi connectivity index (χ2n) is 3.33. The van der Waals surface area contributed by atoms with E-state index in [0.29, 0.717) is 0 Å². The first-order valence-electron chi connectivity index (χ1n) is 4.58. The van der Waals surface area contributed by atoms with Gasteiger partial charge in [0.25, 0.3) is 0.564 Å². The molecule has 0 aliphatic rings. The Labute approximate surface area is 135 Å². The van der Waals surface area contributed by atoms with Gasteiger partial charge in [-0.05, 0) is 12.1 Å². The topological polar surface area (TPSA) is 0 Å². The first kappa shape index (κ1) is 16.4. The van der Waals surface area contributed by atoms with Crippen LogP contribution in [-0.2, 0) is 0 Å². The van der Waals surface area contributed by atoms with Gasteiger partial charge in [-0.15, -0.1) is 21.8 Å². The second-order valence-corrected chi connectivity index (χ2v) is 51.3. The van der Waals surface area contributed by atoms with E-state index in [1.807, 2.05) is 0 Å². The van der Waals surface area contributed by atoms with Gasteiger partial charge in [0.05, 0.1) is 0 Å². The van der Waals surface area contributed by atoms with E-state index in [4.69, 9.17) is 0 Å². The zero-order valence-corrected chi connectivity index (χ0v) is 18.7. The molecule has 0 aliphatic heterocycles. The molecule has 0 rings (SSSR count). The van der Waals surface area contributed by atoms with Crippen molar-refractivity contribution in [2.24, 2.45) is 0 Å². The van der Waals surface area contributed by atoms with Gasteiger partial charge >= 0.3 is 0 Å². The maximum atomic E-state index is 2.80. The maximum absolute atomic E-state index is 2.80. The third kappa shape index (κ3) is 9.09. The average Bonchev–Trinajstić information content (AvgIpc) is 2.02. The minimum Gasteiger partial charge on any atom is -0.119 e. The summed E-state index contributed by atoms with van der Waals surface area (Å²) in [7, 11) is 0. The monoisotopic (exact) mass is 664 g/mol. The Morgan fingerprint density at radius 1 is 0.846 bits per heavy atom. The summed E-state index contributed by atoms with van der Waals surface area (Å²) < 4.78 is -0.854. The van der Waals surface area contributed by atoms with Crippen LogP contribution in [0.25, 0.3) is 0 Å². The summed E-state index contributed by atoms with van der Waals surface area (Å²) in [6.07, 6.45) is 1.48. The molecule has 0 unspecified atom stereocenters. The van der Waals surface area contributed by atoms with Gasteiger partial charge in [-0.25, -0.2) is 0 Å². The van der Waals surface area contributed by atoms with Crippen molar-refractivity contribution in [1.82, 2.24) is 0 Å². The largest absolute Gasteiger partial charge is 0.253 e. The summed E-state index contributed by atoms with van der Waals surface area (Å²) in [5.74, 6) is 0. The molecule has 0 aliphatic carbocycles. The normalized spacial score (nSPS) is 13.4. The van der Waals surface area contributed by atoms with E-state index in [-0.39, 0.29) is 0 Å². The minimum absolute atomic E-state index is 0.815. The summed E-state index contributed by atoms with van der Waals surface area (Å²) in [6.45, 7) is 4.76. The highest BCUT2D eigenvalue weighted by atomic mass is 127. The zero-order valence-electron chi connectivity index (χ0n) is 8.05. The molecule has 0 nitrogen and oxygen atoms in total. The molecule has 0 aromatic rings. The highest BCUT2D eigenvalue weighted by molar-refractivity contribution is 14.4. The SMILES string of the molecule is CC[Si](I)(CC)CCC[Si](I)(I)I. The van der Waals surface area contributed by atoms with Crippen LogP contribution in [0, 0.1) is 0 Å². The van der Waals surface area contributed by atoms with Crippen LogP contribution >= 0.6 is 87.2 Å². The molecule has 0 aromatic carbocycles. The molecule has 0 spiro atoms. The molecule has 6 heteroatoms. The van der Waals surface area contributed by atoms with E-state index >= 15 is 0 Å². The van der Waals surface area contributed by atoms with Crippen molar-refractivity contribution in [3.05, 3.63) is 0 Å². The van der Waals surface area contributed by atoms with Gasteiger partial charge < -0.3 is 0 Å². The second kappa shape index (κ2) is 7.64. The van der Waals surface area contributed by atoms with Crippen LogP contribution in [0.2, 0.25) is 24.2 Å². The van der Waals surface area contributed by atoms with Crippen molar-refractivity contribution in [3.63, 3.8) is 0 Å². The van der Waals surface area contributed by atoms with Crippen molar-refractivity contribution < 1.29 is 0 Å². The number of hydrogen-bond donors (Lipinski definition) is 0. The summed E-state index contributed by atoms with van der Waals surface area (Å²) in [5, 5.41) is 0. The van der Waals surface area contributed by atoms with Crippen LogP contribution in [-0.4, -0.2) is 6.13 Å². The van der Waals surface area contributed by atoms with Crippen LogP contribution in [0.4, 0.5) is 0 Å². The van der Waals surface area contributed by atoms with Crippen LogP contribution in [0.5, 0.6) is 0 Å². The molecule has 0 atom stereocenters. The predicted molar refractivity (Wildman–Crippen MR) is 103 cm³/mol. The molecule has 0 radical (unpaired) electrons. The van der Waals surface area contributed by atoms with Crippen molar-refractivity contribution >= 4 is 93.3 Å². The van der Waals surface area contributed by atoms with E-state index in [0.717, 1.165) is 0 Å². The number of rotatable bonds is 6. The predicted octanol–water partition coefficient (Wildman–Crippen LogP) is 6.04. The summed E-state index contributed by atoms with van der Waals surface area (Å²) in [5.41, 5.74) is -0.815. The van der Waals surface area contributed by atoms with Gasteiger partial charge in [0.2, 0.25) is 0 Å². The Hall–Kier alpha value is 3.35. The van der Waals surface area contributed by atoms with E-state index in [9.17, 15) is 0 Å². The lowest BCUT2D eigenvalue weighted by Gasteiger charge is -2.22. The smallest absolute Gasteiger partial charge is 0.119 e. The molecule has 0 N–H and O–H groups in total. The molecule has 0 saturated heterocycles. The molecule has 13 heavy (non-hydrogen) atoms. The number of halogens is 4. The van der Waals surface area contributed by atoms with Crippen LogP contribution in [0.3, 0.4) is 0 Å². The molecule has 0 aromatic heterocycles. The van der Waals surface area contributed by atoms with Crippen molar-refractivity contribution in [3.8, 4) is 0 Å². The maximum Gasteiger partial charge on any atom is 0.253 e. The van der Waals surface area contributed by atoms with E-state index in [1.54, 1.807) is 6.04 Å². The number of hydrogen-bond acceptors (Lipinski definition) is 0. The lowest BCUT2D eigenvalue weighted by atomic mass is 10.6. The quantitative estimate of drug-likeness (QED) is 0.185. The summed E-state index contributed by atoms with van der Waals surface area (Å²) in [4.78, 5) is 0. The lowest BCUT2D eigenvalue weighted by Crippen LogP contribution is -2.23. The van der Waals surface area contributed by atoms with Gasteiger partial charge in [-0.3, -0.25) is 0 Å². The molecular weight excluding hydrogens is 648 g/mol. The fourth-order valence-corrected chi connectivity index (χ4v) is 8.73. The third-order valence-corrected chi connectivity index (χ3v) is 18.1. The van der Waals surface area contributed by atoms with Crippen LogP contribution in [0.1, 0.15) is 20.3 Å². The Kier molecular flexibility index (Phi) is 9.61. The molecule has 0 heterocycles. The first-order chi connectivity index (χ1) is 5.83. The fourth-order valence-electron chi connectivity index (χ4n) is 1.21. The van der Waals surface area contributed by atoms with Crippen LogP contribution in [0.15, 0.2) is 0 Å². The Balaban J connectivity index is 3.74. The lowest BCUT2D eigenvalue weighted by molar-refractivity contribution is 1.03. The highest BCUT2D eigenvalue weighted by Gasteiger charge is 2.27. The van der Waals surface area contributed by atoms with Crippen molar-refractivity contribution in [1.29, 1.82) is 0 Å². The van der Waals surface area contributed by atoms with Gasteiger partial charge in [-0.1, -0.05) is 97.7 Å². The van der Waals surface area contributed by atoms with Crippen molar-refractivity contribution in [2.75, 3.05) is 0 Å². The van der Waals surface area contributed by atoms with Crippen molar-refractivity contribution in [2.45, 2.75) is 44.4 Å². The van der Waals surface area contributed by atoms with E-state index in [1.165, 1.54) is 24.6 Å². The van der Waals surface area contributed by atoms with E-state index < -0.39 is 6.13 Å². The van der Waals surface area contributed by atoms with E-state index in [2.05, 4.69) is 101 Å². The Bertz CT molecular complexity index is 142. The minimum atomic E-state index is -0.854. The zero-order chi connectivity index (χ0) is 10.5. The Morgan fingerprint density at radius 2 is 1.31 bits per heavy atom. The molecule has 0 saturated carbocycles. The first-order valence-corrected chi connectivity index (χ1v) is 21.9. The highest BCUT2D eigenvalue weighted by Crippen LogP contribution is 2.38. The van der Waals surface area contributed by atoms with Gasteiger partial charge in [0.1, 0.15) is 5.57 Å². The van der Waals surface area contributed by atoms with Gasteiger partial charge in [0.15, 0.2) is 0 Å². The van der Waals surface area contributed by atoms with Gasteiger partial charge in [-0.2, -0.15) is 0 Å².